The summed E-state index contributed by atoms with van der Waals surface area (Å²) in [6, 6.07) is 0. The van der Waals surface area contributed by atoms with Crippen LogP contribution in [0.3, 0.4) is 0 Å². The maximum Gasteiger partial charge on any atom is 0.219 e. The van der Waals surface area contributed by atoms with Gasteiger partial charge in [-0.25, -0.2) is 4.99 Å². The summed E-state index contributed by atoms with van der Waals surface area (Å²) in [5.74, 6) is 0. The standard InChI is InChI=1S/C6H11ClN2S2/c1-4-8-5(7)9-6(10-2)11-3/h4H2,1-3H3/b8-5+. The summed E-state index contributed by atoms with van der Waals surface area (Å²) in [7, 11) is 0. The van der Waals surface area contributed by atoms with Crippen molar-refractivity contribution in [3.05, 3.63) is 0 Å². The molecule has 0 spiro atoms. The van der Waals surface area contributed by atoms with Gasteiger partial charge in [0.05, 0.1) is 0 Å². The molecule has 0 aliphatic rings. The van der Waals surface area contributed by atoms with Gasteiger partial charge in [-0.1, -0.05) is 0 Å². The van der Waals surface area contributed by atoms with Crippen molar-refractivity contribution in [2.24, 2.45) is 9.98 Å². The number of amidine groups is 1. The third kappa shape index (κ3) is 5.58. The molecular weight excluding hydrogens is 200 g/mol. The van der Waals surface area contributed by atoms with Crippen LogP contribution in [0, 0.1) is 0 Å². The number of rotatable bonds is 1. The van der Waals surface area contributed by atoms with Crippen LogP contribution in [0.1, 0.15) is 6.92 Å². The van der Waals surface area contributed by atoms with Crippen LogP contribution in [-0.4, -0.2) is 28.7 Å². The Kier molecular flexibility index (Phi) is 7.22. The third-order valence-electron chi connectivity index (χ3n) is 0.821. The van der Waals surface area contributed by atoms with Crippen LogP contribution in [0.2, 0.25) is 0 Å². The average molecular weight is 211 g/mol. The zero-order chi connectivity index (χ0) is 8.69. The molecule has 64 valence electrons. The van der Waals surface area contributed by atoms with Crippen LogP contribution < -0.4 is 0 Å². The number of nitrogens with zero attached hydrogens (tertiary/aromatic N) is 2. The van der Waals surface area contributed by atoms with Gasteiger partial charge in [0.1, 0.15) is 4.38 Å². The minimum absolute atomic E-state index is 0.339. The van der Waals surface area contributed by atoms with E-state index in [1.165, 1.54) is 0 Å². The molecule has 0 aromatic rings. The molecule has 0 aliphatic heterocycles. The number of hydrogen-bond donors (Lipinski definition) is 0. The van der Waals surface area contributed by atoms with Gasteiger partial charge in [-0.3, -0.25) is 4.99 Å². The van der Waals surface area contributed by atoms with Crippen LogP contribution in [0.15, 0.2) is 9.98 Å². The van der Waals surface area contributed by atoms with Crippen molar-refractivity contribution in [1.82, 2.24) is 0 Å². The van der Waals surface area contributed by atoms with E-state index >= 15 is 0 Å². The first-order valence-electron chi connectivity index (χ1n) is 3.11. The van der Waals surface area contributed by atoms with Crippen molar-refractivity contribution < 1.29 is 0 Å². The van der Waals surface area contributed by atoms with Gasteiger partial charge in [0.25, 0.3) is 0 Å². The summed E-state index contributed by atoms with van der Waals surface area (Å²) in [6.07, 6.45) is 3.93. The second-order valence-electron chi connectivity index (χ2n) is 1.53. The molecule has 0 atom stereocenters. The summed E-state index contributed by atoms with van der Waals surface area (Å²) < 4.78 is 0.937. The SMILES string of the molecule is CC/N=C(\Cl)N=C(SC)SC. The number of thioether (sulfide) groups is 2. The Morgan fingerprint density at radius 3 is 2.27 bits per heavy atom. The lowest BCUT2D eigenvalue weighted by Gasteiger charge is -1.95. The van der Waals surface area contributed by atoms with Crippen molar-refractivity contribution in [3.8, 4) is 0 Å². The molecular formula is C6H11ClN2S2. The maximum absolute atomic E-state index is 5.67. The second kappa shape index (κ2) is 7.00. The minimum Gasteiger partial charge on any atom is -0.256 e. The van der Waals surface area contributed by atoms with Gasteiger partial charge in [-0.05, 0) is 31.0 Å². The van der Waals surface area contributed by atoms with E-state index < -0.39 is 0 Å². The van der Waals surface area contributed by atoms with E-state index in [2.05, 4.69) is 9.98 Å². The van der Waals surface area contributed by atoms with E-state index in [0.717, 1.165) is 4.38 Å². The van der Waals surface area contributed by atoms with Gasteiger partial charge in [-0.15, -0.1) is 23.5 Å². The van der Waals surface area contributed by atoms with Gasteiger partial charge < -0.3 is 0 Å². The smallest absolute Gasteiger partial charge is 0.219 e. The Labute approximate surface area is 80.9 Å². The molecule has 0 aromatic carbocycles. The highest BCUT2D eigenvalue weighted by molar-refractivity contribution is 8.38. The number of hydrogen-bond acceptors (Lipinski definition) is 3. The average Bonchev–Trinajstić information content (AvgIpc) is 2.01. The zero-order valence-corrected chi connectivity index (χ0v) is 9.18. The molecule has 2 nitrogen and oxygen atoms in total. The van der Waals surface area contributed by atoms with E-state index in [4.69, 9.17) is 11.6 Å². The largest absolute Gasteiger partial charge is 0.256 e. The number of aliphatic imine (C=N–C) groups is 2. The highest BCUT2D eigenvalue weighted by Gasteiger charge is 1.94. The van der Waals surface area contributed by atoms with Crippen molar-refractivity contribution in [2.45, 2.75) is 6.92 Å². The molecule has 0 saturated carbocycles. The highest BCUT2D eigenvalue weighted by atomic mass is 35.5. The van der Waals surface area contributed by atoms with Crippen LogP contribution in [0.4, 0.5) is 0 Å². The summed E-state index contributed by atoms with van der Waals surface area (Å²) in [6.45, 7) is 2.61. The summed E-state index contributed by atoms with van der Waals surface area (Å²) >= 11 is 8.81. The molecule has 0 unspecified atom stereocenters. The molecule has 0 amide bonds. The molecule has 0 radical (unpaired) electrons. The van der Waals surface area contributed by atoms with Gasteiger partial charge in [0.2, 0.25) is 5.29 Å². The maximum atomic E-state index is 5.67. The Morgan fingerprint density at radius 2 is 1.91 bits per heavy atom. The fourth-order valence-corrected chi connectivity index (χ4v) is 1.74. The predicted octanol–water partition coefficient (Wildman–Crippen LogP) is 2.68. The van der Waals surface area contributed by atoms with Gasteiger partial charge in [-0.2, -0.15) is 0 Å². The highest BCUT2D eigenvalue weighted by Crippen LogP contribution is 2.11. The quantitative estimate of drug-likeness (QED) is 0.378. The summed E-state index contributed by atoms with van der Waals surface area (Å²) in [5, 5.41) is 0.339. The molecule has 11 heavy (non-hydrogen) atoms. The van der Waals surface area contributed by atoms with E-state index in [1.54, 1.807) is 23.5 Å². The van der Waals surface area contributed by atoms with Crippen molar-refractivity contribution >= 4 is 44.8 Å². The molecule has 0 heterocycles. The monoisotopic (exact) mass is 210 g/mol. The first kappa shape index (κ1) is 11.3. The van der Waals surface area contributed by atoms with Gasteiger partial charge >= 0.3 is 0 Å². The molecule has 0 fully saturated rings. The summed E-state index contributed by atoms with van der Waals surface area (Å²) in [5.41, 5.74) is 0. The van der Waals surface area contributed by atoms with Crippen LogP contribution >= 0.6 is 35.1 Å². The molecule has 0 rings (SSSR count). The Hall–Kier alpha value is 0.330. The lowest BCUT2D eigenvalue weighted by Crippen LogP contribution is -1.89. The van der Waals surface area contributed by atoms with E-state index in [0.29, 0.717) is 11.8 Å². The third-order valence-corrected chi connectivity index (χ3v) is 2.91. The first-order valence-corrected chi connectivity index (χ1v) is 5.94. The van der Waals surface area contributed by atoms with Crippen LogP contribution in [-0.2, 0) is 0 Å². The zero-order valence-electron chi connectivity index (χ0n) is 6.80. The van der Waals surface area contributed by atoms with Gasteiger partial charge in [0.15, 0.2) is 0 Å². The molecule has 0 aliphatic carbocycles. The molecule has 0 saturated heterocycles. The van der Waals surface area contributed by atoms with E-state index in [1.807, 2.05) is 19.4 Å². The van der Waals surface area contributed by atoms with E-state index in [-0.39, 0.29) is 0 Å². The minimum atomic E-state index is 0.339. The number of halogens is 1. The molecule has 0 N–H and O–H groups in total. The Balaban J connectivity index is 4.14. The Bertz CT molecular complexity index is 162. The van der Waals surface area contributed by atoms with Crippen LogP contribution in [0.5, 0.6) is 0 Å². The van der Waals surface area contributed by atoms with Crippen LogP contribution in [0.25, 0.3) is 0 Å². The lowest BCUT2D eigenvalue weighted by atomic mass is 10.8. The second-order valence-corrected chi connectivity index (χ2v) is 3.72. The fourth-order valence-electron chi connectivity index (χ4n) is 0.416. The molecule has 0 bridgehead atoms. The summed E-state index contributed by atoms with van der Waals surface area (Å²) in [4.78, 5) is 7.99. The molecule has 5 heteroatoms. The fraction of sp³-hybridized carbons (Fsp3) is 0.667. The van der Waals surface area contributed by atoms with Gasteiger partial charge in [0, 0.05) is 6.54 Å². The molecule has 0 aromatic heterocycles. The normalized spacial score (nSPS) is 11.5. The van der Waals surface area contributed by atoms with Crippen molar-refractivity contribution in [2.75, 3.05) is 19.1 Å². The predicted molar refractivity (Wildman–Crippen MR) is 58.3 cm³/mol. The topological polar surface area (TPSA) is 24.7 Å². The first-order chi connectivity index (χ1) is 5.24. The lowest BCUT2D eigenvalue weighted by molar-refractivity contribution is 1.13. The van der Waals surface area contributed by atoms with Crippen molar-refractivity contribution in [1.29, 1.82) is 0 Å². The van der Waals surface area contributed by atoms with Crippen molar-refractivity contribution in [3.63, 3.8) is 0 Å². The Morgan fingerprint density at radius 1 is 1.36 bits per heavy atom. The van der Waals surface area contributed by atoms with E-state index in [9.17, 15) is 0 Å².